The standard InChI is InChI=1S/C18H20N8O2/c1-10-6-12(23-15-11(7-19)14(20)21-9-22-15)17(28)26-13(10)16(27)24-18(26)4-3-5-25(2)8-18/h6,9H,3-5,8H2,1-2H3,(H,24,27)(H3,20,21,22,23)/t18-/m0/s1. The number of carbonyl (C=O) groups excluding carboxylic acids is 1. The minimum Gasteiger partial charge on any atom is -0.382 e. The molecule has 0 bridgehead atoms. The fourth-order valence-electron chi connectivity index (χ4n) is 4.11. The van der Waals surface area contributed by atoms with Crippen molar-refractivity contribution < 1.29 is 4.79 Å². The molecule has 144 valence electrons. The van der Waals surface area contributed by atoms with Crippen molar-refractivity contribution in [3.63, 3.8) is 0 Å². The lowest BCUT2D eigenvalue weighted by atomic mass is 9.98. The molecular weight excluding hydrogens is 360 g/mol. The van der Waals surface area contributed by atoms with E-state index >= 15 is 0 Å². The highest BCUT2D eigenvalue weighted by molar-refractivity contribution is 5.97. The first-order chi connectivity index (χ1) is 13.4. The van der Waals surface area contributed by atoms with Crippen LogP contribution in [0.25, 0.3) is 0 Å². The summed E-state index contributed by atoms with van der Waals surface area (Å²) in [4.78, 5) is 35.9. The molecule has 2 aliphatic heterocycles. The topological polar surface area (TPSA) is 142 Å². The van der Waals surface area contributed by atoms with Gasteiger partial charge in [0.05, 0.1) is 0 Å². The Labute approximate surface area is 161 Å². The van der Waals surface area contributed by atoms with Crippen molar-refractivity contribution in [2.24, 2.45) is 0 Å². The van der Waals surface area contributed by atoms with Gasteiger partial charge in [0.15, 0.2) is 5.82 Å². The molecule has 1 saturated heterocycles. The number of nitrogens with zero attached hydrogens (tertiary/aromatic N) is 5. The fraction of sp³-hybridized carbons (Fsp3) is 0.389. The zero-order valence-electron chi connectivity index (χ0n) is 15.6. The number of piperidine rings is 1. The van der Waals surface area contributed by atoms with Crippen LogP contribution in [-0.2, 0) is 5.66 Å². The number of aromatic nitrogens is 3. The average molecular weight is 380 g/mol. The Morgan fingerprint density at radius 1 is 1.39 bits per heavy atom. The minimum absolute atomic E-state index is 0.0280. The Balaban J connectivity index is 1.87. The minimum atomic E-state index is -0.776. The summed E-state index contributed by atoms with van der Waals surface area (Å²) in [6, 6.07) is 3.54. The number of nitrogens with two attached hydrogens (primary N) is 1. The summed E-state index contributed by atoms with van der Waals surface area (Å²) in [7, 11) is 1.97. The highest BCUT2D eigenvalue weighted by Crippen LogP contribution is 2.33. The van der Waals surface area contributed by atoms with Gasteiger partial charge in [0, 0.05) is 6.54 Å². The molecule has 0 unspecified atom stereocenters. The molecule has 1 amide bonds. The smallest absolute Gasteiger partial charge is 0.276 e. The molecule has 28 heavy (non-hydrogen) atoms. The first-order valence-corrected chi connectivity index (χ1v) is 8.92. The monoisotopic (exact) mass is 380 g/mol. The zero-order chi connectivity index (χ0) is 20.1. The Morgan fingerprint density at radius 3 is 2.89 bits per heavy atom. The van der Waals surface area contributed by atoms with E-state index in [9.17, 15) is 14.9 Å². The molecule has 2 aromatic heterocycles. The van der Waals surface area contributed by atoms with Crippen LogP contribution in [0.4, 0.5) is 17.3 Å². The number of pyridine rings is 1. The van der Waals surface area contributed by atoms with Gasteiger partial charge in [0.1, 0.15) is 40.8 Å². The van der Waals surface area contributed by atoms with Gasteiger partial charge in [-0.3, -0.25) is 14.2 Å². The normalized spacial score (nSPS) is 21.2. The summed E-state index contributed by atoms with van der Waals surface area (Å²) >= 11 is 0. The number of anilines is 3. The third-order valence-electron chi connectivity index (χ3n) is 5.28. The zero-order valence-corrected chi connectivity index (χ0v) is 15.6. The van der Waals surface area contributed by atoms with E-state index in [0.29, 0.717) is 24.2 Å². The largest absolute Gasteiger partial charge is 0.382 e. The molecule has 2 aliphatic rings. The molecule has 1 atom stereocenters. The number of carbonyl (C=O) groups is 1. The molecular formula is C18H20N8O2. The van der Waals surface area contributed by atoms with Gasteiger partial charge in [-0.2, -0.15) is 5.26 Å². The highest BCUT2D eigenvalue weighted by atomic mass is 16.2. The van der Waals surface area contributed by atoms with Gasteiger partial charge < -0.3 is 21.3 Å². The number of hydrogen-bond acceptors (Lipinski definition) is 8. The third-order valence-corrected chi connectivity index (χ3v) is 5.28. The van der Waals surface area contributed by atoms with Crippen LogP contribution in [0.1, 0.15) is 34.5 Å². The molecule has 4 N–H and O–H groups in total. The summed E-state index contributed by atoms with van der Waals surface area (Å²) in [6.45, 7) is 3.23. The van der Waals surface area contributed by atoms with Crippen LogP contribution < -0.4 is 21.9 Å². The van der Waals surface area contributed by atoms with E-state index in [0.717, 1.165) is 13.0 Å². The summed E-state index contributed by atoms with van der Waals surface area (Å²) in [5.41, 5.74) is 5.91. The van der Waals surface area contributed by atoms with Crippen molar-refractivity contribution in [1.29, 1.82) is 5.26 Å². The van der Waals surface area contributed by atoms with Crippen molar-refractivity contribution in [1.82, 2.24) is 24.8 Å². The Morgan fingerprint density at radius 2 is 2.18 bits per heavy atom. The molecule has 4 heterocycles. The number of aryl methyl sites for hydroxylation is 1. The van der Waals surface area contributed by atoms with Gasteiger partial charge in [0.25, 0.3) is 11.5 Å². The van der Waals surface area contributed by atoms with Crippen molar-refractivity contribution in [2.75, 3.05) is 31.2 Å². The maximum atomic E-state index is 13.4. The second-order valence-corrected chi connectivity index (χ2v) is 7.28. The van der Waals surface area contributed by atoms with Gasteiger partial charge in [-0.05, 0) is 45.0 Å². The highest BCUT2D eigenvalue weighted by Gasteiger charge is 2.46. The van der Waals surface area contributed by atoms with Crippen LogP contribution in [0, 0.1) is 18.3 Å². The lowest BCUT2D eigenvalue weighted by Gasteiger charge is -2.39. The Hall–Kier alpha value is -3.45. The summed E-state index contributed by atoms with van der Waals surface area (Å²) in [5.74, 6) is -0.0696. The molecule has 0 aromatic carbocycles. The van der Waals surface area contributed by atoms with E-state index in [1.54, 1.807) is 17.6 Å². The second kappa shape index (κ2) is 6.31. The van der Waals surface area contributed by atoms with E-state index in [1.165, 1.54) is 6.33 Å². The summed E-state index contributed by atoms with van der Waals surface area (Å²) in [5, 5.41) is 15.3. The lowest BCUT2D eigenvalue weighted by Crippen LogP contribution is -2.57. The molecule has 4 rings (SSSR count). The van der Waals surface area contributed by atoms with Gasteiger partial charge in [-0.15, -0.1) is 0 Å². The number of nitrogens with one attached hydrogen (secondary N) is 2. The van der Waals surface area contributed by atoms with Crippen LogP contribution >= 0.6 is 0 Å². The molecule has 10 nitrogen and oxygen atoms in total. The number of likely N-dealkylation sites (N-methyl/N-ethyl adjacent to an activating group) is 1. The van der Waals surface area contributed by atoms with Gasteiger partial charge in [-0.25, -0.2) is 9.97 Å². The maximum Gasteiger partial charge on any atom is 0.276 e. The van der Waals surface area contributed by atoms with E-state index in [2.05, 4.69) is 25.5 Å². The number of likely N-dealkylation sites (tertiary alicyclic amines) is 1. The van der Waals surface area contributed by atoms with Gasteiger partial charge in [-0.1, -0.05) is 0 Å². The third kappa shape index (κ3) is 2.59. The molecule has 0 saturated carbocycles. The molecule has 10 heteroatoms. The van der Waals surface area contributed by atoms with E-state index < -0.39 is 5.66 Å². The van der Waals surface area contributed by atoms with Crippen LogP contribution in [0.2, 0.25) is 0 Å². The van der Waals surface area contributed by atoms with Crippen molar-refractivity contribution in [2.45, 2.75) is 25.4 Å². The van der Waals surface area contributed by atoms with E-state index in [1.807, 2.05) is 13.1 Å². The number of amides is 1. The molecule has 0 aliphatic carbocycles. The number of nitriles is 1. The molecule has 0 radical (unpaired) electrons. The van der Waals surface area contributed by atoms with Crippen molar-refractivity contribution in [3.05, 3.63) is 39.6 Å². The second-order valence-electron chi connectivity index (χ2n) is 7.28. The first kappa shape index (κ1) is 17.9. The number of fused-ring (bicyclic) bond motifs is 2. The van der Waals surface area contributed by atoms with Crippen LogP contribution in [-0.4, -0.2) is 45.5 Å². The Bertz CT molecular complexity index is 1090. The maximum absolute atomic E-state index is 13.4. The van der Waals surface area contributed by atoms with Crippen LogP contribution in [0.15, 0.2) is 17.2 Å². The number of rotatable bonds is 2. The number of hydrogen-bond donors (Lipinski definition) is 3. The molecule has 2 aromatic rings. The van der Waals surface area contributed by atoms with Crippen molar-refractivity contribution in [3.8, 4) is 6.07 Å². The van der Waals surface area contributed by atoms with E-state index in [-0.39, 0.29) is 34.4 Å². The summed E-state index contributed by atoms with van der Waals surface area (Å²) < 4.78 is 1.55. The van der Waals surface area contributed by atoms with E-state index in [4.69, 9.17) is 5.73 Å². The van der Waals surface area contributed by atoms with Crippen LogP contribution in [0.3, 0.4) is 0 Å². The molecule has 1 fully saturated rings. The first-order valence-electron chi connectivity index (χ1n) is 8.92. The lowest BCUT2D eigenvalue weighted by molar-refractivity contribution is 0.0755. The number of nitrogen functional groups attached to an aromatic ring is 1. The Kier molecular flexibility index (Phi) is 4.05. The van der Waals surface area contributed by atoms with Crippen molar-refractivity contribution >= 4 is 23.2 Å². The van der Waals surface area contributed by atoms with Crippen LogP contribution in [0.5, 0.6) is 0 Å². The van der Waals surface area contributed by atoms with Gasteiger partial charge in [0.2, 0.25) is 0 Å². The predicted octanol–water partition coefficient (Wildman–Crippen LogP) is 0.266. The SMILES string of the molecule is Cc1cc(Nc2ncnc(N)c2C#N)c(=O)n2c1C(=O)N[C@@]21CCCN(C)C1. The molecule has 1 spiro atoms. The summed E-state index contributed by atoms with van der Waals surface area (Å²) in [6.07, 6.45) is 2.75. The quantitative estimate of drug-likeness (QED) is 0.674. The van der Waals surface area contributed by atoms with Gasteiger partial charge >= 0.3 is 0 Å². The average Bonchev–Trinajstić information content (AvgIpc) is 2.91. The predicted molar refractivity (Wildman–Crippen MR) is 102 cm³/mol. The fourth-order valence-corrected chi connectivity index (χ4v) is 4.11.